The van der Waals surface area contributed by atoms with Crippen LogP contribution in [0, 0.1) is 5.92 Å². The molecule has 0 saturated heterocycles. The Hall–Kier alpha value is -0.710. The molecule has 5 heteroatoms. The van der Waals surface area contributed by atoms with Crippen LogP contribution in [0.2, 0.25) is 0 Å². The average molecular weight is 287 g/mol. The third kappa shape index (κ3) is 6.32. The standard InChI is InChI=1S/C14H25NO3S/c1-19-10-6-9-13(16)15-12-8-5-3-2-4-7-11(12)14(17)18/h11-12H,2-10H2,1H3,(H,15,16)(H,17,18). The Kier molecular flexibility index (Phi) is 7.94. The lowest BCUT2D eigenvalue weighted by Crippen LogP contribution is -2.43. The van der Waals surface area contributed by atoms with E-state index in [-0.39, 0.29) is 11.9 Å². The van der Waals surface area contributed by atoms with Crippen molar-refractivity contribution in [2.45, 2.75) is 57.4 Å². The van der Waals surface area contributed by atoms with Crippen molar-refractivity contribution < 1.29 is 14.7 Å². The summed E-state index contributed by atoms with van der Waals surface area (Å²) < 4.78 is 0. The van der Waals surface area contributed by atoms with Crippen molar-refractivity contribution in [2.24, 2.45) is 5.92 Å². The predicted molar refractivity (Wildman–Crippen MR) is 78.4 cm³/mol. The quantitative estimate of drug-likeness (QED) is 0.737. The Morgan fingerprint density at radius 3 is 2.53 bits per heavy atom. The molecule has 19 heavy (non-hydrogen) atoms. The number of carboxylic acid groups (broad SMARTS) is 1. The Labute approximate surface area is 119 Å². The van der Waals surface area contributed by atoms with Gasteiger partial charge in [0.25, 0.3) is 0 Å². The zero-order valence-corrected chi connectivity index (χ0v) is 12.5. The molecule has 110 valence electrons. The number of thioether (sulfide) groups is 1. The number of carbonyl (C=O) groups excluding carboxylic acids is 1. The molecular formula is C14H25NO3S. The van der Waals surface area contributed by atoms with Crippen LogP contribution in [-0.2, 0) is 9.59 Å². The SMILES string of the molecule is CSCCCC(=O)NC1CCCCCCC1C(=O)O. The molecule has 2 atom stereocenters. The first-order chi connectivity index (χ1) is 9.15. The van der Waals surface area contributed by atoms with Gasteiger partial charge in [0.2, 0.25) is 5.91 Å². The third-order valence-corrected chi connectivity index (χ3v) is 4.38. The number of nitrogens with one attached hydrogen (secondary N) is 1. The van der Waals surface area contributed by atoms with E-state index in [0.29, 0.717) is 12.8 Å². The number of carboxylic acids is 1. The van der Waals surface area contributed by atoms with Gasteiger partial charge in [0.15, 0.2) is 0 Å². The highest BCUT2D eigenvalue weighted by Crippen LogP contribution is 2.23. The zero-order valence-electron chi connectivity index (χ0n) is 11.7. The molecule has 0 radical (unpaired) electrons. The Morgan fingerprint density at radius 2 is 1.89 bits per heavy atom. The van der Waals surface area contributed by atoms with E-state index >= 15 is 0 Å². The molecule has 1 aliphatic rings. The third-order valence-electron chi connectivity index (χ3n) is 3.68. The summed E-state index contributed by atoms with van der Waals surface area (Å²) in [5.74, 6) is -0.201. The summed E-state index contributed by atoms with van der Waals surface area (Å²) in [5.41, 5.74) is 0. The van der Waals surface area contributed by atoms with Gasteiger partial charge in [-0.25, -0.2) is 0 Å². The van der Waals surface area contributed by atoms with Crippen LogP contribution in [0.3, 0.4) is 0 Å². The second kappa shape index (κ2) is 9.23. The fraction of sp³-hybridized carbons (Fsp3) is 0.857. The van der Waals surface area contributed by atoms with Crippen molar-refractivity contribution in [1.82, 2.24) is 5.32 Å². The van der Waals surface area contributed by atoms with E-state index in [4.69, 9.17) is 0 Å². The molecule has 1 rings (SSSR count). The summed E-state index contributed by atoms with van der Waals surface area (Å²) in [4.78, 5) is 23.2. The summed E-state index contributed by atoms with van der Waals surface area (Å²) in [7, 11) is 0. The first-order valence-electron chi connectivity index (χ1n) is 7.16. The fourth-order valence-corrected chi connectivity index (χ4v) is 3.04. The highest BCUT2D eigenvalue weighted by atomic mass is 32.2. The summed E-state index contributed by atoms with van der Waals surface area (Å²) >= 11 is 1.73. The number of rotatable bonds is 6. The molecule has 0 aromatic carbocycles. The predicted octanol–water partition coefficient (Wildman–Crippen LogP) is 2.67. The van der Waals surface area contributed by atoms with E-state index in [1.807, 2.05) is 6.26 Å². The Morgan fingerprint density at radius 1 is 1.21 bits per heavy atom. The molecular weight excluding hydrogens is 262 g/mol. The summed E-state index contributed by atoms with van der Waals surface area (Å²) in [6.45, 7) is 0. The molecule has 0 bridgehead atoms. The lowest BCUT2D eigenvalue weighted by molar-refractivity contribution is -0.143. The highest BCUT2D eigenvalue weighted by molar-refractivity contribution is 7.98. The van der Waals surface area contributed by atoms with Crippen LogP contribution in [0.15, 0.2) is 0 Å². The Bertz CT molecular complexity index is 296. The topological polar surface area (TPSA) is 66.4 Å². The summed E-state index contributed by atoms with van der Waals surface area (Å²) in [6, 6.07) is -0.181. The smallest absolute Gasteiger partial charge is 0.308 e. The molecule has 2 unspecified atom stereocenters. The fourth-order valence-electron chi connectivity index (χ4n) is 2.61. The Balaban J connectivity index is 2.48. The van der Waals surface area contributed by atoms with Crippen LogP contribution in [-0.4, -0.2) is 35.0 Å². The van der Waals surface area contributed by atoms with E-state index in [1.54, 1.807) is 11.8 Å². The minimum absolute atomic E-state index is 0.00544. The maximum atomic E-state index is 11.8. The van der Waals surface area contributed by atoms with Crippen LogP contribution >= 0.6 is 11.8 Å². The number of carbonyl (C=O) groups is 2. The maximum absolute atomic E-state index is 11.8. The van der Waals surface area contributed by atoms with Crippen LogP contribution < -0.4 is 5.32 Å². The van der Waals surface area contributed by atoms with Crippen LogP contribution in [0.25, 0.3) is 0 Å². The van der Waals surface area contributed by atoms with Crippen molar-refractivity contribution in [2.75, 3.05) is 12.0 Å². The lowest BCUT2D eigenvalue weighted by Gasteiger charge is -2.27. The summed E-state index contributed by atoms with van der Waals surface area (Å²) in [5, 5.41) is 12.2. The number of hydrogen-bond donors (Lipinski definition) is 2. The zero-order chi connectivity index (χ0) is 14.1. The molecule has 0 aromatic heterocycles. The van der Waals surface area contributed by atoms with Crippen molar-refractivity contribution in [3.63, 3.8) is 0 Å². The maximum Gasteiger partial charge on any atom is 0.308 e. The minimum atomic E-state index is -0.767. The van der Waals surface area contributed by atoms with Gasteiger partial charge < -0.3 is 10.4 Å². The monoisotopic (exact) mass is 287 g/mol. The van der Waals surface area contributed by atoms with Gasteiger partial charge >= 0.3 is 5.97 Å². The van der Waals surface area contributed by atoms with Gasteiger partial charge in [-0.3, -0.25) is 9.59 Å². The molecule has 1 amide bonds. The van der Waals surface area contributed by atoms with E-state index in [0.717, 1.165) is 44.3 Å². The molecule has 0 heterocycles. The van der Waals surface area contributed by atoms with Crippen molar-refractivity contribution in [3.8, 4) is 0 Å². The van der Waals surface area contributed by atoms with Gasteiger partial charge in [0.05, 0.1) is 5.92 Å². The normalized spacial score (nSPS) is 24.3. The lowest BCUT2D eigenvalue weighted by atomic mass is 9.86. The number of hydrogen-bond acceptors (Lipinski definition) is 3. The van der Waals surface area contributed by atoms with Crippen LogP contribution in [0.5, 0.6) is 0 Å². The van der Waals surface area contributed by atoms with Crippen LogP contribution in [0.1, 0.15) is 51.4 Å². The first-order valence-corrected chi connectivity index (χ1v) is 8.55. The minimum Gasteiger partial charge on any atom is -0.481 e. The molecule has 0 aromatic rings. The van der Waals surface area contributed by atoms with Gasteiger partial charge in [-0.05, 0) is 31.3 Å². The van der Waals surface area contributed by atoms with Crippen LogP contribution in [0.4, 0.5) is 0 Å². The van der Waals surface area contributed by atoms with E-state index in [9.17, 15) is 14.7 Å². The van der Waals surface area contributed by atoms with E-state index < -0.39 is 11.9 Å². The van der Waals surface area contributed by atoms with Gasteiger partial charge in [0.1, 0.15) is 0 Å². The van der Waals surface area contributed by atoms with Crippen molar-refractivity contribution >= 4 is 23.6 Å². The van der Waals surface area contributed by atoms with E-state index in [2.05, 4.69) is 5.32 Å². The first kappa shape index (κ1) is 16.3. The van der Waals surface area contributed by atoms with Gasteiger partial charge in [-0.1, -0.05) is 25.7 Å². The number of amides is 1. The molecule has 4 nitrogen and oxygen atoms in total. The number of aliphatic carboxylic acids is 1. The highest BCUT2D eigenvalue weighted by Gasteiger charge is 2.29. The van der Waals surface area contributed by atoms with E-state index in [1.165, 1.54) is 0 Å². The van der Waals surface area contributed by atoms with Crippen molar-refractivity contribution in [1.29, 1.82) is 0 Å². The van der Waals surface area contributed by atoms with Gasteiger partial charge in [-0.2, -0.15) is 11.8 Å². The molecule has 1 aliphatic carbocycles. The molecule has 0 aliphatic heterocycles. The molecule has 2 N–H and O–H groups in total. The second-order valence-electron chi connectivity index (χ2n) is 5.21. The summed E-state index contributed by atoms with van der Waals surface area (Å²) in [6.07, 6.45) is 9.09. The second-order valence-corrected chi connectivity index (χ2v) is 6.19. The van der Waals surface area contributed by atoms with Crippen molar-refractivity contribution in [3.05, 3.63) is 0 Å². The largest absolute Gasteiger partial charge is 0.481 e. The van der Waals surface area contributed by atoms with Gasteiger partial charge in [0, 0.05) is 12.5 Å². The molecule has 1 saturated carbocycles. The van der Waals surface area contributed by atoms with Gasteiger partial charge in [-0.15, -0.1) is 0 Å². The molecule has 1 fully saturated rings. The molecule has 0 spiro atoms. The average Bonchev–Trinajstić information content (AvgIpc) is 2.32.